The third kappa shape index (κ3) is 5.50. The van der Waals surface area contributed by atoms with Crippen molar-refractivity contribution in [3.63, 3.8) is 0 Å². The summed E-state index contributed by atoms with van der Waals surface area (Å²) >= 11 is 0. The summed E-state index contributed by atoms with van der Waals surface area (Å²) in [7, 11) is 0. The van der Waals surface area contributed by atoms with Gasteiger partial charge in [-0.05, 0) is 26.0 Å². The predicted octanol–water partition coefficient (Wildman–Crippen LogP) is 1.40. The number of hydrogen-bond donors (Lipinski definition) is 2. The number of imide groups is 1. The van der Waals surface area contributed by atoms with Gasteiger partial charge in [-0.3, -0.25) is 4.79 Å². The third-order valence-electron chi connectivity index (χ3n) is 1.62. The summed E-state index contributed by atoms with van der Waals surface area (Å²) in [6.07, 6.45) is 3.49. The molecule has 0 heterocycles. The number of nitrogens with zero attached hydrogens (tertiary/aromatic N) is 1. The van der Waals surface area contributed by atoms with Crippen LogP contribution < -0.4 is 11.1 Å². The molecular formula is C11H16FN3O2. The van der Waals surface area contributed by atoms with Crippen LogP contribution in [0.1, 0.15) is 13.8 Å². The van der Waals surface area contributed by atoms with Crippen molar-refractivity contribution in [3.05, 3.63) is 36.5 Å². The minimum Gasteiger partial charge on any atom is -0.403 e. The molecule has 17 heavy (non-hydrogen) atoms. The molecule has 0 aliphatic rings. The molecule has 0 aliphatic carbocycles. The summed E-state index contributed by atoms with van der Waals surface area (Å²) in [6.45, 7) is 6.49. The zero-order valence-corrected chi connectivity index (χ0v) is 9.81. The zero-order valence-electron chi connectivity index (χ0n) is 9.81. The number of hydrogen-bond acceptors (Lipinski definition) is 3. The van der Waals surface area contributed by atoms with Crippen molar-refractivity contribution in [3.8, 4) is 0 Å². The Kier molecular flexibility index (Phi) is 6.32. The Morgan fingerprint density at radius 1 is 1.47 bits per heavy atom. The van der Waals surface area contributed by atoms with Crippen LogP contribution in [0.4, 0.5) is 9.18 Å². The summed E-state index contributed by atoms with van der Waals surface area (Å²) in [4.78, 5) is 23.1. The van der Waals surface area contributed by atoms with Gasteiger partial charge in [0.1, 0.15) is 5.83 Å². The minimum absolute atomic E-state index is 0.0527. The van der Waals surface area contributed by atoms with Crippen molar-refractivity contribution in [2.24, 2.45) is 5.73 Å². The van der Waals surface area contributed by atoms with Crippen molar-refractivity contribution in [2.75, 3.05) is 0 Å². The van der Waals surface area contributed by atoms with Gasteiger partial charge in [0.2, 0.25) is 6.41 Å². The summed E-state index contributed by atoms with van der Waals surface area (Å²) < 4.78 is 12.4. The van der Waals surface area contributed by atoms with Gasteiger partial charge in [-0.2, -0.15) is 0 Å². The number of urea groups is 1. The highest BCUT2D eigenvalue weighted by Gasteiger charge is 2.15. The van der Waals surface area contributed by atoms with Gasteiger partial charge in [0.05, 0.1) is 5.70 Å². The van der Waals surface area contributed by atoms with E-state index in [4.69, 9.17) is 5.73 Å². The number of carbonyl (C=O) groups excluding carboxylic acids is 2. The summed E-state index contributed by atoms with van der Waals surface area (Å²) in [5, 5.41) is 2.51. The summed E-state index contributed by atoms with van der Waals surface area (Å²) in [5.74, 6) is -0.709. The average Bonchev–Trinajstić information content (AvgIpc) is 2.22. The average molecular weight is 241 g/mol. The number of amides is 3. The molecule has 0 rings (SSSR count). The highest BCUT2D eigenvalue weighted by atomic mass is 19.1. The molecule has 0 saturated carbocycles. The molecule has 3 amide bonds. The van der Waals surface area contributed by atoms with Gasteiger partial charge in [0.25, 0.3) is 0 Å². The lowest BCUT2D eigenvalue weighted by Gasteiger charge is -2.18. The first-order valence-corrected chi connectivity index (χ1v) is 4.91. The minimum atomic E-state index is -0.709. The Labute approximate surface area is 99.5 Å². The fourth-order valence-corrected chi connectivity index (χ4v) is 0.934. The van der Waals surface area contributed by atoms with Crippen LogP contribution in [0.5, 0.6) is 0 Å². The molecule has 0 radical (unpaired) electrons. The van der Waals surface area contributed by atoms with Crippen molar-refractivity contribution >= 4 is 12.4 Å². The Bertz CT molecular complexity index is 362. The molecule has 3 N–H and O–H groups in total. The van der Waals surface area contributed by atoms with Gasteiger partial charge in [-0.1, -0.05) is 6.58 Å². The van der Waals surface area contributed by atoms with Crippen LogP contribution >= 0.6 is 0 Å². The summed E-state index contributed by atoms with van der Waals surface area (Å²) in [5.41, 5.74) is 5.31. The van der Waals surface area contributed by atoms with Gasteiger partial charge in [0.15, 0.2) is 0 Å². The fraction of sp³-hybridized carbons (Fsp3) is 0.273. The van der Waals surface area contributed by atoms with Crippen molar-refractivity contribution in [1.82, 2.24) is 10.2 Å². The van der Waals surface area contributed by atoms with Crippen LogP contribution in [0.15, 0.2) is 36.5 Å². The zero-order chi connectivity index (χ0) is 13.4. The van der Waals surface area contributed by atoms with Crippen LogP contribution in [0.25, 0.3) is 0 Å². The van der Waals surface area contributed by atoms with Crippen LogP contribution in [0.2, 0.25) is 0 Å². The molecule has 0 fully saturated rings. The molecule has 0 saturated heterocycles. The highest BCUT2D eigenvalue weighted by molar-refractivity contribution is 5.87. The lowest BCUT2D eigenvalue weighted by Crippen LogP contribution is -2.41. The van der Waals surface area contributed by atoms with Crippen LogP contribution in [0.3, 0.4) is 0 Å². The standard InChI is InChI=1S/C11H16FN3O2/c1-8(2)14-11(17)15(7-16)10(6-13)5-4-9(3)12/h4-8H,3,13H2,1-2H3,(H,14,17)/b5-4-,10-6+. The second-order valence-corrected chi connectivity index (χ2v) is 3.45. The second kappa shape index (κ2) is 7.21. The number of carbonyl (C=O) groups is 2. The van der Waals surface area contributed by atoms with Crippen LogP contribution in [0, 0.1) is 0 Å². The van der Waals surface area contributed by atoms with Crippen LogP contribution in [-0.4, -0.2) is 23.4 Å². The quantitative estimate of drug-likeness (QED) is 0.564. The van der Waals surface area contributed by atoms with Gasteiger partial charge in [-0.25, -0.2) is 14.1 Å². The molecule has 0 aliphatic heterocycles. The Morgan fingerprint density at radius 3 is 2.41 bits per heavy atom. The van der Waals surface area contributed by atoms with Crippen molar-refractivity contribution < 1.29 is 14.0 Å². The first-order valence-electron chi connectivity index (χ1n) is 4.91. The maximum atomic E-state index is 12.4. The monoisotopic (exact) mass is 241 g/mol. The molecule has 0 bridgehead atoms. The van der Waals surface area contributed by atoms with E-state index in [9.17, 15) is 14.0 Å². The fourth-order valence-electron chi connectivity index (χ4n) is 0.934. The van der Waals surface area contributed by atoms with E-state index in [2.05, 4.69) is 11.9 Å². The van der Waals surface area contributed by atoms with Gasteiger partial charge in [-0.15, -0.1) is 0 Å². The van der Waals surface area contributed by atoms with E-state index >= 15 is 0 Å². The van der Waals surface area contributed by atoms with Crippen LogP contribution in [-0.2, 0) is 4.79 Å². The van der Waals surface area contributed by atoms with E-state index in [1.54, 1.807) is 13.8 Å². The first kappa shape index (κ1) is 14.9. The van der Waals surface area contributed by atoms with Gasteiger partial charge < -0.3 is 11.1 Å². The number of nitrogens with one attached hydrogen (secondary N) is 1. The molecule has 0 aromatic rings. The van der Waals surface area contributed by atoms with Gasteiger partial charge in [0, 0.05) is 12.2 Å². The maximum absolute atomic E-state index is 12.4. The SMILES string of the molecule is C=C(F)/C=C\C(=C/N)N(C=O)C(=O)NC(C)C. The third-order valence-corrected chi connectivity index (χ3v) is 1.62. The molecule has 0 aromatic heterocycles. The topological polar surface area (TPSA) is 75.4 Å². The molecular weight excluding hydrogens is 225 g/mol. The Hall–Kier alpha value is -2.11. The van der Waals surface area contributed by atoms with E-state index < -0.39 is 11.9 Å². The molecule has 0 aromatic carbocycles. The lowest BCUT2D eigenvalue weighted by atomic mass is 10.3. The second-order valence-electron chi connectivity index (χ2n) is 3.45. The number of allylic oxidation sites excluding steroid dienone is 3. The van der Waals surface area contributed by atoms with E-state index in [1.807, 2.05) is 0 Å². The van der Waals surface area contributed by atoms with Crippen molar-refractivity contribution in [2.45, 2.75) is 19.9 Å². The molecule has 6 heteroatoms. The number of rotatable bonds is 5. The molecule has 5 nitrogen and oxygen atoms in total. The Morgan fingerprint density at radius 2 is 2.06 bits per heavy atom. The highest BCUT2D eigenvalue weighted by Crippen LogP contribution is 2.06. The predicted molar refractivity (Wildman–Crippen MR) is 63.2 cm³/mol. The maximum Gasteiger partial charge on any atom is 0.328 e. The lowest BCUT2D eigenvalue weighted by molar-refractivity contribution is -0.114. The van der Waals surface area contributed by atoms with E-state index in [0.717, 1.165) is 17.2 Å². The smallest absolute Gasteiger partial charge is 0.328 e. The van der Waals surface area contributed by atoms with E-state index in [-0.39, 0.29) is 11.7 Å². The van der Waals surface area contributed by atoms with E-state index in [0.29, 0.717) is 6.41 Å². The largest absolute Gasteiger partial charge is 0.403 e. The summed E-state index contributed by atoms with van der Waals surface area (Å²) in [6, 6.07) is -0.773. The molecule has 0 unspecified atom stereocenters. The molecule has 0 atom stereocenters. The van der Waals surface area contributed by atoms with Crippen molar-refractivity contribution in [1.29, 1.82) is 0 Å². The molecule has 0 spiro atoms. The Balaban J connectivity index is 4.90. The van der Waals surface area contributed by atoms with Gasteiger partial charge >= 0.3 is 6.03 Å². The molecule has 94 valence electrons. The van der Waals surface area contributed by atoms with E-state index in [1.165, 1.54) is 6.08 Å². The normalized spacial score (nSPS) is 11.6. The first-order chi connectivity index (χ1) is 7.92. The number of nitrogens with two attached hydrogens (primary N) is 1. The number of halogens is 1.